The second-order valence-corrected chi connectivity index (χ2v) is 6.31. The number of nitrogens with zero attached hydrogens (tertiary/aromatic N) is 3. The quantitative estimate of drug-likeness (QED) is 0.936. The second kappa shape index (κ2) is 5.12. The number of hydrogen-bond donors (Lipinski definition) is 1. The van der Waals surface area contributed by atoms with E-state index < -0.39 is 15.8 Å². The number of hydrogen-bond acceptors (Lipinski definition) is 4. The van der Waals surface area contributed by atoms with Crippen molar-refractivity contribution in [1.29, 1.82) is 0 Å². The minimum absolute atomic E-state index is 0.0315. The van der Waals surface area contributed by atoms with Crippen LogP contribution in [0.2, 0.25) is 5.02 Å². The van der Waals surface area contributed by atoms with Gasteiger partial charge in [0.25, 0.3) is 15.2 Å². The Morgan fingerprint density at radius 3 is 2.50 bits per heavy atom. The molecular formula is C11H12ClFN4O2S. The Hall–Kier alpha value is -1.51. The summed E-state index contributed by atoms with van der Waals surface area (Å²) in [5.74, 6) is -0.417. The van der Waals surface area contributed by atoms with Gasteiger partial charge in [-0.1, -0.05) is 11.6 Å². The molecule has 1 aromatic heterocycles. The zero-order chi connectivity index (χ0) is 15.1. The molecule has 0 aliphatic rings. The molecule has 0 spiro atoms. The van der Waals surface area contributed by atoms with Crippen LogP contribution in [0.15, 0.2) is 23.4 Å². The minimum Gasteiger partial charge on any atom is -0.294 e. The molecule has 6 nitrogen and oxygen atoms in total. The van der Waals surface area contributed by atoms with Gasteiger partial charge in [-0.3, -0.25) is 4.57 Å². The van der Waals surface area contributed by atoms with Gasteiger partial charge >= 0.3 is 0 Å². The van der Waals surface area contributed by atoms with Gasteiger partial charge in [-0.05, 0) is 32.0 Å². The Bertz CT molecular complexity index is 758. The fraction of sp³-hybridized carbons (Fsp3) is 0.273. The minimum atomic E-state index is -4.01. The SMILES string of the molecule is CC(C)n1c(-c2ccc(Cl)c(F)c2)nnc1S(N)(=O)=O. The third kappa shape index (κ3) is 2.67. The summed E-state index contributed by atoms with van der Waals surface area (Å²) in [7, 11) is -4.01. The van der Waals surface area contributed by atoms with E-state index in [1.807, 2.05) is 0 Å². The van der Waals surface area contributed by atoms with E-state index in [1.165, 1.54) is 16.7 Å². The molecule has 108 valence electrons. The number of halogens is 2. The molecule has 9 heteroatoms. The van der Waals surface area contributed by atoms with Gasteiger partial charge in [-0.2, -0.15) is 0 Å². The average molecular weight is 319 g/mol. The standard InChI is InChI=1S/C11H12ClFN4O2S/c1-6(2)17-10(15-16-11(17)20(14,18)19)7-3-4-8(12)9(13)5-7/h3-6H,1-2H3,(H2,14,18,19). The molecule has 0 fully saturated rings. The molecule has 1 heterocycles. The lowest BCUT2D eigenvalue weighted by atomic mass is 10.2. The van der Waals surface area contributed by atoms with E-state index in [4.69, 9.17) is 16.7 Å². The lowest BCUT2D eigenvalue weighted by Gasteiger charge is -2.13. The average Bonchev–Trinajstić information content (AvgIpc) is 2.77. The van der Waals surface area contributed by atoms with Gasteiger partial charge < -0.3 is 0 Å². The van der Waals surface area contributed by atoms with Gasteiger partial charge in [-0.25, -0.2) is 17.9 Å². The Kier molecular flexibility index (Phi) is 3.81. The van der Waals surface area contributed by atoms with Crippen LogP contribution < -0.4 is 5.14 Å². The Balaban J connectivity index is 2.69. The normalized spacial score (nSPS) is 12.1. The first-order valence-corrected chi connectivity index (χ1v) is 7.57. The van der Waals surface area contributed by atoms with E-state index in [-0.39, 0.29) is 22.0 Å². The predicted molar refractivity (Wildman–Crippen MR) is 72.2 cm³/mol. The zero-order valence-electron chi connectivity index (χ0n) is 10.7. The fourth-order valence-corrected chi connectivity index (χ4v) is 2.61. The summed E-state index contributed by atoms with van der Waals surface area (Å²) >= 11 is 5.61. The summed E-state index contributed by atoms with van der Waals surface area (Å²) in [5.41, 5.74) is 0.364. The Morgan fingerprint density at radius 2 is 2.00 bits per heavy atom. The van der Waals surface area contributed by atoms with E-state index in [2.05, 4.69) is 10.2 Å². The second-order valence-electron chi connectivity index (χ2n) is 4.44. The number of rotatable bonds is 3. The maximum absolute atomic E-state index is 13.5. The summed E-state index contributed by atoms with van der Waals surface area (Å²) in [4.78, 5) is 0. The molecule has 0 saturated carbocycles. The smallest absolute Gasteiger partial charge is 0.273 e. The van der Waals surface area contributed by atoms with Crippen LogP contribution in [0.25, 0.3) is 11.4 Å². The van der Waals surface area contributed by atoms with Crippen molar-refractivity contribution in [3.8, 4) is 11.4 Å². The molecule has 0 bridgehead atoms. The molecule has 2 N–H and O–H groups in total. The van der Waals surface area contributed by atoms with Crippen LogP contribution in [-0.4, -0.2) is 23.2 Å². The van der Waals surface area contributed by atoms with Crippen LogP contribution >= 0.6 is 11.6 Å². The molecule has 0 amide bonds. The van der Waals surface area contributed by atoms with Crippen LogP contribution in [0.5, 0.6) is 0 Å². The van der Waals surface area contributed by atoms with Crippen molar-refractivity contribution in [2.24, 2.45) is 5.14 Å². The predicted octanol–water partition coefficient (Wildman–Crippen LogP) is 1.97. The highest BCUT2D eigenvalue weighted by atomic mass is 35.5. The Morgan fingerprint density at radius 1 is 1.35 bits per heavy atom. The molecular weight excluding hydrogens is 307 g/mol. The maximum atomic E-state index is 13.5. The largest absolute Gasteiger partial charge is 0.294 e. The van der Waals surface area contributed by atoms with Crippen molar-refractivity contribution < 1.29 is 12.8 Å². The van der Waals surface area contributed by atoms with Crippen LogP contribution in [0.3, 0.4) is 0 Å². The molecule has 0 atom stereocenters. The van der Waals surface area contributed by atoms with Crippen molar-refractivity contribution >= 4 is 21.6 Å². The topological polar surface area (TPSA) is 90.9 Å². The monoisotopic (exact) mass is 318 g/mol. The number of nitrogens with two attached hydrogens (primary N) is 1. The van der Waals surface area contributed by atoms with Gasteiger partial charge in [0.2, 0.25) is 0 Å². The van der Waals surface area contributed by atoms with E-state index in [1.54, 1.807) is 13.8 Å². The molecule has 2 rings (SSSR count). The molecule has 0 radical (unpaired) electrons. The van der Waals surface area contributed by atoms with Gasteiger partial charge in [0, 0.05) is 11.6 Å². The van der Waals surface area contributed by atoms with Gasteiger partial charge in [0.05, 0.1) is 5.02 Å². The summed E-state index contributed by atoms with van der Waals surface area (Å²) in [6, 6.07) is 3.79. The van der Waals surface area contributed by atoms with Crippen LogP contribution in [0.1, 0.15) is 19.9 Å². The van der Waals surface area contributed by atoms with E-state index in [0.29, 0.717) is 5.56 Å². The first-order valence-electron chi connectivity index (χ1n) is 5.65. The molecule has 2 aromatic rings. The number of sulfonamides is 1. The molecule has 20 heavy (non-hydrogen) atoms. The summed E-state index contributed by atoms with van der Waals surface area (Å²) in [6.45, 7) is 3.49. The van der Waals surface area contributed by atoms with Crippen molar-refractivity contribution in [3.63, 3.8) is 0 Å². The van der Waals surface area contributed by atoms with Gasteiger partial charge in [0.1, 0.15) is 5.82 Å². The van der Waals surface area contributed by atoms with Crippen LogP contribution in [-0.2, 0) is 10.0 Å². The lowest BCUT2D eigenvalue weighted by Crippen LogP contribution is -2.20. The highest BCUT2D eigenvalue weighted by Gasteiger charge is 2.24. The van der Waals surface area contributed by atoms with E-state index in [0.717, 1.165) is 6.07 Å². The lowest BCUT2D eigenvalue weighted by molar-refractivity contribution is 0.524. The molecule has 0 unspecified atom stereocenters. The first-order chi connectivity index (χ1) is 9.21. The third-order valence-electron chi connectivity index (χ3n) is 2.61. The summed E-state index contributed by atoms with van der Waals surface area (Å²) in [5, 5.41) is 12.1. The molecule has 0 saturated heterocycles. The van der Waals surface area contributed by atoms with Crippen molar-refractivity contribution in [2.45, 2.75) is 25.0 Å². The van der Waals surface area contributed by atoms with Crippen molar-refractivity contribution in [2.75, 3.05) is 0 Å². The van der Waals surface area contributed by atoms with Crippen molar-refractivity contribution in [3.05, 3.63) is 29.0 Å². The third-order valence-corrected chi connectivity index (χ3v) is 3.71. The molecule has 0 aliphatic heterocycles. The zero-order valence-corrected chi connectivity index (χ0v) is 12.3. The van der Waals surface area contributed by atoms with E-state index in [9.17, 15) is 12.8 Å². The number of benzene rings is 1. The van der Waals surface area contributed by atoms with Crippen LogP contribution in [0, 0.1) is 5.82 Å². The first kappa shape index (κ1) is 14.9. The molecule has 0 aliphatic carbocycles. The van der Waals surface area contributed by atoms with Crippen molar-refractivity contribution in [1.82, 2.24) is 14.8 Å². The highest BCUT2D eigenvalue weighted by Crippen LogP contribution is 2.26. The number of primary sulfonamides is 1. The Labute approximate surface area is 120 Å². The number of aromatic nitrogens is 3. The summed E-state index contributed by atoms with van der Waals surface area (Å²) in [6.07, 6.45) is 0. The van der Waals surface area contributed by atoms with Gasteiger partial charge in [-0.15, -0.1) is 10.2 Å². The molecule has 1 aromatic carbocycles. The highest BCUT2D eigenvalue weighted by molar-refractivity contribution is 7.89. The maximum Gasteiger partial charge on any atom is 0.273 e. The summed E-state index contributed by atoms with van der Waals surface area (Å²) < 4.78 is 37.8. The van der Waals surface area contributed by atoms with E-state index >= 15 is 0 Å². The van der Waals surface area contributed by atoms with Gasteiger partial charge in [0.15, 0.2) is 5.82 Å². The fourth-order valence-electron chi connectivity index (χ4n) is 1.77. The van der Waals surface area contributed by atoms with Crippen LogP contribution in [0.4, 0.5) is 4.39 Å².